The molecule has 0 bridgehead atoms. The molecule has 10 nitrogen and oxygen atoms in total. The lowest BCUT2D eigenvalue weighted by Crippen LogP contribution is -2.50. The van der Waals surface area contributed by atoms with Crippen LogP contribution in [-0.2, 0) is 19.0 Å². The van der Waals surface area contributed by atoms with Crippen molar-refractivity contribution in [3.8, 4) is 5.75 Å². The zero-order valence-corrected chi connectivity index (χ0v) is 19.3. The van der Waals surface area contributed by atoms with Gasteiger partial charge in [-0.2, -0.15) is 0 Å². The van der Waals surface area contributed by atoms with Crippen molar-refractivity contribution in [3.05, 3.63) is 49.7 Å². The lowest BCUT2D eigenvalue weighted by atomic mass is 9.90. The molecule has 1 aromatic carbocycles. The van der Waals surface area contributed by atoms with Gasteiger partial charge < -0.3 is 33.7 Å². The topological polar surface area (TPSA) is 136 Å². The van der Waals surface area contributed by atoms with Crippen molar-refractivity contribution in [2.24, 2.45) is 0 Å². The van der Waals surface area contributed by atoms with Gasteiger partial charge in [-0.1, -0.05) is 6.07 Å². The van der Waals surface area contributed by atoms with Gasteiger partial charge in [0, 0.05) is 11.6 Å². The zero-order chi connectivity index (χ0) is 24.5. The van der Waals surface area contributed by atoms with Crippen LogP contribution in [0.5, 0.6) is 5.75 Å². The molecule has 3 aliphatic heterocycles. The molecule has 0 aliphatic carbocycles. The van der Waals surface area contributed by atoms with Gasteiger partial charge in [0.05, 0.1) is 47.2 Å². The van der Waals surface area contributed by atoms with Gasteiger partial charge in [-0.05, 0) is 40.4 Å². The molecule has 0 spiro atoms. The fourth-order valence-electron chi connectivity index (χ4n) is 5.31. The zero-order valence-electron chi connectivity index (χ0n) is 19.3. The second-order valence-corrected chi connectivity index (χ2v) is 9.44. The van der Waals surface area contributed by atoms with Crippen molar-refractivity contribution in [1.82, 2.24) is 4.90 Å². The van der Waals surface area contributed by atoms with Gasteiger partial charge in [0.2, 0.25) is 0 Å². The molecule has 0 amide bonds. The van der Waals surface area contributed by atoms with Crippen LogP contribution in [0, 0.1) is 0 Å². The van der Waals surface area contributed by atoms with Crippen molar-refractivity contribution < 1.29 is 33.6 Å². The Hall–Kier alpha value is -2.79. The van der Waals surface area contributed by atoms with Crippen molar-refractivity contribution in [2.75, 3.05) is 14.1 Å². The highest BCUT2D eigenvalue weighted by Gasteiger charge is 2.46. The number of phenolic OH excluding ortho intramolecular Hbond substituents is 1. The average Bonchev–Trinajstić information content (AvgIpc) is 3.09. The third kappa shape index (κ3) is 3.44. The van der Waals surface area contributed by atoms with Crippen LogP contribution < -0.4 is 11.1 Å². The lowest BCUT2D eigenvalue weighted by molar-refractivity contribution is -0.144. The van der Waals surface area contributed by atoms with Crippen LogP contribution in [0.4, 0.5) is 0 Å². The van der Waals surface area contributed by atoms with E-state index in [1.807, 2.05) is 19.0 Å². The summed E-state index contributed by atoms with van der Waals surface area (Å²) >= 11 is 0. The molecule has 2 fully saturated rings. The van der Waals surface area contributed by atoms with Crippen LogP contribution in [0.3, 0.4) is 0 Å². The molecule has 5 rings (SSSR count). The van der Waals surface area contributed by atoms with Crippen LogP contribution in [0.25, 0.3) is 10.8 Å². The molecule has 0 radical (unpaired) electrons. The quantitative estimate of drug-likeness (QED) is 0.617. The Morgan fingerprint density at radius 2 is 1.82 bits per heavy atom. The van der Waals surface area contributed by atoms with E-state index in [-0.39, 0.29) is 40.3 Å². The maximum absolute atomic E-state index is 13.7. The Balaban J connectivity index is 1.70. The van der Waals surface area contributed by atoms with Gasteiger partial charge in [-0.15, -0.1) is 0 Å². The molecule has 10 heteroatoms. The number of rotatable bonds is 2. The summed E-state index contributed by atoms with van der Waals surface area (Å²) in [5, 5.41) is 21.5. The minimum atomic E-state index is -0.993. The van der Waals surface area contributed by atoms with Crippen LogP contribution >= 0.6 is 0 Å². The molecule has 4 heterocycles. The Morgan fingerprint density at radius 1 is 1.09 bits per heavy atom. The Bertz CT molecular complexity index is 1290. The first-order valence-electron chi connectivity index (χ1n) is 11.3. The highest BCUT2D eigenvalue weighted by Crippen LogP contribution is 2.43. The molecule has 34 heavy (non-hydrogen) atoms. The summed E-state index contributed by atoms with van der Waals surface area (Å²) in [6.07, 6.45) is -3.91. The van der Waals surface area contributed by atoms with E-state index in [1.54, 1.807) is 13.8 Å². The number of aliphatic hydroxyl groups is 1. The van der Waals surface area contributed by atoms with Gasteiger partial charge in [0.1, 0.15) is 11.9 Å². The van der Waals surface area contributed by atoms with E-state index in [4.69, 9.17) is 18.6 Å². The highest BCUT2D eigenvalue weighted by atomic mass is 16.6. The fraction of sp³-hybridized carbons (Fsp3) is 0.542. The smallest absolute Gasteiger partial charge is 0.344 e. The first-order valence-corrected chi connectivity index (χ1v) is 11.3. The molecular weight excluding hydrogens is 446 g/mol. The monoisotopic (exact) mass is 473 g/mol. The number of phenols is 1. The first-order chi connectivity index (χ1) is 16.1. The van der Waals surface area contributed by atoms with E-state index in [1.165, 1.54) is 12.1 Å². The Morgan fingerprint density at radius 3 is 2.53 bits per heavy atom. The maximum Gasteiger partial charge on any atom is 0.344 e. The second kappa shape index (κ2) is 8.16. The number of nitrogens with zero attached hydrogens (tertiary/aromatic N) is 1. The van der Waals surface area contributed by atoms with E-state index in [9.17, 15) is 24.6 Å². The summed E-state index contributed by atoms with van der Waals surface area (Å²) < 4.78 is 22.6. The third-order valence-electron chi connectivity index (χ3n) is 7.10. The number of hydrogen-bond donors (Lipinski definition) is 2. The van der Waals surface area contributed by atoms with Crippen LogP contribution in [0.2, 0.25) is 0 Å². The normalized spacial score (nSPS) is 33.0. The summed E-state index contributed by atoms with van der Waals surface area (Å²) in [6.45, 7) is 3.37. The predicted molar refractivity (Wildman–Crippen MR) is 119 cm³/mol. The molecular formula is C24H27NO9. The number of likely N-dealkylation sites (N-methyl/N-ethyl adjacent to an activating group) is 1. The maximum atomic E-state index is 13.7. The number of aromatic hydroxyl groups is 1. The van der Waals surface area contributed by atoms with Crippen LogP contribution in [0.1, 0.15) is 61.9 Å². The van der Waals surface area contributed by atoms with Gasteiger partial charge in [0.25, 0.3) is 0 Å². The Kier molecular flexibility index (Phi) is 5.51. The van der Waals surface area contributed by atoms with Gasteiger partial charge in [-0.3, -0.25) is 9.59 Å². The molecule has 3 aliphatic rings. The number of hydrogen-bond acceptors (Lipinski definition) is 10. The average molecular weight is 473 g/mol. The predicted octanol–water partition coefficient (Wildman–Crippen LogP) is 1.45. The first kappa shape index (κ1) is 23.0. The molecule has 2 saturated heterocycles. The van der Waals surface area contributed by atoms with Gasteiger partial charge in [0.15, 0.2) is 17.3 Å². The minimum Gasteiger partial charge on any atom is -0.507 e. The summed E-state index contributed by atoms with van der Waals surface area (Å²) in [5.41, 5.74) is -1.08. The van der Waals surface area contributed by atoms with Gasteiger partial charge in [-0.25, -0.2) is 4.79 Å². The number of esters is 1. The van der Waals surface area contributed by atoms with Crippen molar-refractivity contribution in [1.29, 1.82) is 0 Å². The molecule has 0 saturated carbocycles. The van der Waals surface area contributed by atoms with Gasteiger partial charge >= 0.3 is 11.6 Å². The standard InChI is InChI=1S/C24H27NO9/c1-9-17-21(29)18-12(24(30)34-23(17)22-15(31-9)8-16(26)33-22)6-5-11(20(18)28)14-7-13(25(3)4)19(27)10(2)32-14/h5-6,9-10,13-15,19,22,27-28H,7-8H2,1-4H3/t9-,10-,13-,14-,15-,19-,22+/m1/s1. The number of ether oxygens (including phenoxy) is 3. The van der Waals surface area contributed by atoms with Crippen LogP contribution in [-0.4, -0.2) is 59.5 Å². The van der Waals surface area contributed by atoms with Crippen molar-refractivity contribution in [2.45, 2.75) is 69.4 Å². The molecule has 1 aromatic heterocycles. The largest absolute Gasteiger partial charge is 0.507 e. The van der Waals surface area contributed by atoms with E-state index >= 15 is 0 Å². The summed E-state index contributed by atoms with van der Waals surface area (Å²) in [5.74, 6) is -0.926. The number of benzene rings is 1. The van der Waals surface area contributed by atoms with Crippen molar-refractivity contribution >= 4 is 16.7 Å². The van der Waals surface area contributed by atoms with E-state index in [0.29, 0.717) is 12.0 Å². The molecule has 0 unspecified atom stereocenters. The number of carbonyl (C=O) groups is 1. The number of aliphatic hydroxyl groups excluding tert-OH is 1. The fourth-order valence-corrected chi connectivity index (χ4v) is 5.31. The number of carbonyl (C=O) groups excluding carboxylic acids is 1. The number of fused-ring (bicyclic) bond motifs is 4. The van der Waals surface area contributed by atoms with Crippen LogP contribution in [0.15, 0.2) is 26.1 Å². The molecule has 2 aromatic rings. The van der Waals surface area contributed by atoms with Crippen molar-refractivity contribution in [3.63, 3.8) is 0 Å². The highest BCUT2D eigenvalue weighted by molar-refractivity contribution is 5.88. The second-order valence-electron chi connectivity index (χ2n) is 9.44. The molecule has 182 valence electrons. The summed E-state index contributed by atoms with van der Waals surface area (Å²) in [4.78, 5) is 40.4. The Labute approximate surface area is 194 Å². The summed E-state index contributed by atoms with van der Waals surface area (Å²) in [7, 11) is 3.70. The lowest BCUT2D eigenvalue weighted by Gasteiger charge is -2.41. The summed E-state index contributed by atoms with van der Waals surface area (Å²) in [6, 6.07) is 2.73. The molecule has 7 atom stereocenters. The van der Waals surface area contributed by atoms with E-state index in [2.05, 4.69) is 0 Å². The third-order valence-corrected chi connectivity index (χ3v) is 7.10. The van der Waals surface area contributed by atoms with E-state index < -0.39 is 53.6 Å². The SMILES string of the molecule is C[C@H]1O[C@@H]2CC(=O)O[C@@H]2c2oc(=O)c3ccc([C@H]4C[C@@H](N(C)C)[C@H](O)[C@@H](C)O4)c(O)c3c(=O)c21. The van der Waals surface area contributed by atoms with E-state index in [0.717, 1.165) is 0 Å². The molecule has 2 N–H and O–H groups in total. The minimum absolute atomic E-state index is 0.00400.